The van der Waals surface area contributed by atoms with E-state index in [4.69, 9.17) is 0 Å². The second-order valence-corrected chi connectivity index (χ2v) is 4.73. The van der Waals surface area contributed by atoms with Crippen molar-refractivity contribution in [1.29, 1.82) is 0 Å². The Hall–Kier alpha value is -2.29. The Morgan fingerprint density at radius 3 is 2.35 bits per heavy atom. The van der Waals surface area contributed by atoms with Crippen molar-refractivity contribution in [2.24, 2.45) is 0 Å². The van der Waals surface area contributed by atoms with Gasteiger partial charge in [0.25, 0.3) is 0 Å². The predicted octanol–water partition coefficient (Wildman–Crippen LogP) is 3.61. The molecule has 3 nitrogen and oxygen atoms in total. The van der Waals surface area contributed by atoms with Crippen LogP contribution in [-0.4, -0.2) is 12.5 Å². The van der Waals surface area contributed by atoms with E-state index in [2.05, 4.69) is 23.6 Å². The number of carbonyl (C=O) groups excluding carboxylic acids is 1. The van der Waals surface area contributed by atoms with E-state index in [0.29, 0.717) is 0 Å². The van der Waals surface area contributed by atoms with E-state index >= 15 is 0 Å². The molecule has 2 aromatic rings. The second kappa shape index (κ2) is 6.75. The van der Waals surface area contributed by atoms with E-state index in [9.17, 15) is 4.79 Å². The lowest BCUT2D eigenvalue weighted by Gasteiger charge is -2.12. The maximum absolute atomic E-state index is 12.0. The Kier molecular flexibility index (Phi) is 4.77. The minimum Gasteiger partial charge on any atom is -0.376 e. The smallest absolute Gasteiger partial charge is 0.243 e. The van der Waals surface area contributed by atoms with E-state index in [1.807, 2.05) is 49.4 Å². The molecule has 20 heavy (non-hydrogen) atoms. The lowest BCUT2D eigenvalue weighted by atomic mass is 10.1. The third kappa shape index (κ3) is 3.60. The summed E-state index contributed by atoms with van der Waals surface area (Å²) in [6.45, 7) is 4.36. The lowest BCUT2D eigenvalue weighted by Crippen LogP contribution is -2.22. The zero-order valence-electron chi connectivity index (χ0n) is 11.9. The number of carbonyl (C=O) groups is 1. The van der Waals surface area contributed by atoms with Crippen LogP contribution in [0.1, 0.15) is 18.1 Å². The van der Waals surface area contributed by atoms with Gasteiger partial charge < -0.3 is 10.6 Å². The van der Waals surface area contributed by atoms with Crippen LogP contribution in [-0.2, 0) is 11.2 Å². The molecule has 2 N–H and O–H groups in total. The zero-order valence-corrected chi connectivity index (χ0v) is 11.9. The monoisotopic (exact) mass is 268 g/mol. The molecule has 0 atom stereocenters. The fourth-order valence-electron chi connectivity index (χ4n) is 2.08. The first-order valence-corrected chi connectivity index (χ1v) is 6.88. The molecule has 3 heteroatoms. The standard InChI is InChI=1S/C17H20N2O/c1-3-14-9-5-7-11-16(14)18-12-17(20)19-15-10-6-4-8-13(15)2/h4-11,18H,3,12H2,1-2H3,(H,19,20). The van der Waals surface area contributed by atoms with Gasteiger partial charge in [-0.05, 0) is 36.6 Å². The summed E-state index contributed by atoms with van der Waals surface area (Å²) in [5.74, 6) is -0.0368. The number of anilines is 2. The van der Waals surface area contributed by atoms with Crippen LogP contribution in [0.5, 0.6) is 0 Å². The van der Waals surface area contributed by atoms with Gasteiger partial charge >= 0.3 is 0 Å². The summed E-state index contributed by atoms with van der Waals surface area (Å²) in [5, 5.41) is 6.11. The third-order valence-electron chi connectivity index (χ3n) is 3.26. The molecule has 0 aliphatic carbocycles. The number of hydrogen-bond donors (Lipinski definition) is 2. The van der Waals surface area contributed by atoms with Gasteiger partial charge in [0.05, 0.1) is 6.54 Å². The molecular formula is C17H20N2O. The summed E-state index contributed by atoms with van der Waals surface area (Å²) in [7, 11) is 0. The highest BCUT2D eigenvalue weighted by atomic mass is 16.1. The van der Waals surface area contributed by atoms with Gasteiger partial charge in [0.15, 0.2) is 0 Å². The quantitative estimate of drug-likeness (QED) is 0.869. The number of nitrogens with one attached hydrogen (secondary N) is 2. The SMILES string of the molecule is CCc1ccccc1NCC(=O)Nc1ccccc1C. The van der Waals surface area contributed by atoms with Gasteiger partial charge in [-0.2, -0.15) is 0 Å². The largest absolute Gasteiger partial charge is 0.376 e. The maximum Gasteiger partial charge on any atom is 0.243 e. The maximum atomic E-state index is 12.0. The summed E-state index contributed by atoms with van der Waals surface area (Å²) < 4.78 is 0. The average molecular weight is 268 g/mol. The molecule has 1 amide bonds. The van der Waals surface area contributed by atoms with Crippen LogP contribution >= 0.6 is 0 Å². The summed E-state index contributed by atoms with van der Waals surface area (Å²) >= 11 is 0. The van der Waals surface area contributed by atoms with Crippen molar-refractivity contribution >= 4 is 17.3 Å². The number of amides is 1. The van der Waals surface area contributed by atoms with Crippen molar-refractivity contribution in [3.8, 4) is 0 Å². The molecule has 0 aliphatic rings. The highest BCUT2D eigenvalue weighted by molar-refractivity contribution is 5.94. The Morgan fingerprint density at radius 1 is 1.00 bits per heavy atom. The average Bonchev–Trinajstić information content (AvgIpc) is 2.48. The molecule has 0 aromatic heterocycles. The summed E-state index contributed by atoms with van der Waals surface area (Å²) in [5.41, 5.74) is 4.17. The van der Waals surface area contributed by atoms with Crippen LogP contribution in [0.25, 0.3) is 0 Å². The molecule has 0 aliphatic heterocycles. The third-order valence-corrected chi connectivity index (χ3v) is 3.26. The Balaban J connectivity index is 1.94. The molecule has 0 spiro atoms. The summed E-state index contributed by atoms with van der Waals surface area (Å²) in [6, 6.07) is 15.8. The van der Waals surface area contributed by atoms with Crippen molar-refractivity contribution in [3.05, 3.63) is 59.7 Å². The molecule has 0 fully saturated rings. The van der Waals surface area contributed by atoms with Crippen LogP contribution in [0.3, 0.4) is 0 Å². The fourth-order valence-corrected chi connectivity index (χ4v) is 2.08. The molecule has 0 unspecified atom stereocenters. The van der Waals surface area contributed by atoms with Crippen molar-refractivity contribution < 1.29 is 4.79 Å². The van der Waals surface area contributed by atoms with Crippen LogP contribution in [0.2, 0.25) is 0 Å². The Labute approximate surface area is 120 Å². The first kappa shape index (κ1) is 14.1. The zero-order chi connectivity index (χ0) is 14.4. The van der Waals surface area contributed by atoms with E-state index in [-0.39, 0.29) is 12.5 Å². The number of para-hydroxylation sites is 2. The van der Waals surface area contributed by atoms with E-state index in [1.165, 1.54) is 5.56 Å². The number of hydrogen-bond acceptors (Lipinski definition) is 2. The summed E-state index contributed by atoms with van der Waals surface area (Å²) in [4.78, 5) is 12.0. The lowest BCUT2D eigenvalue weighted by molar-refractivity contribution is -0.114. The molecule has 0 radical (unpaired) electrons. The van der Waals surface area contributed by atoms with Crippen LogP contribution in [0.4, 0.5) is 11.4 Å². The normalized spacial score (nSPS) is 10.1. The minimum absolute atomic E-state index is 0.0368. The summed E-state index contributed by atoms with van der Waals surface area (Å²) in [6.07, 6.45) is 0.947. The Morgan fingerprint density at radius 2 is 1.65 bits per heavy atom. The van der Waals surface area contributed by atoms with E-state index in [0.717, 1.165) is 23.4 Å². The van der Waals surface area contributed by atoms with Crippen LogP contribution in [0, 0.1) is 6.92 Å². The fraction of sp³-hybridized carbons (Fsp3) is 0.235. The molecule has 0 heterocycles. The minimum atomic E-state index is -0.0368. The molecular weight excluding hydrogens is 248 g/mol. The van der Waals surface area contributed by atoms with Crippen molar-refractivity contribution in [2.75, 3.05) is 17.2 Å². The molecule has 0 saturated carbocycles. The van der Waals surface area contributed by atoms with Crippen molar-refractivity contribution in [1.82, 2.24) is 0 Å². The number of rotatable bonds is 5. The van der Waals surface area contributed by atoms with Gasteiger partial charge in [0, 0.05) is 11.4 Å². The van der Waals surface area contributed by atoms with E-state index in [1.54, 1.807) is 0 Å². The molecule has 0 bridgehead atoms. The first-order valence-electron chi connectivity index (χ1n) is 6.88. The van der Waals surface area contributed by atoms with Crippen molar-refractivity contribution in [3.63, 3.8) is 0 Å². The molecule has 0 saturated heterocycles. The van der Waals surface area contributed by atoms with Gasteiger partial charge in [0.1, 0.15) is 0 Å². The predicted molar refractivity (Wildman–Crippen MR) is 84.1 cm³/mol. The van der Waals surface area contributed by atoms with Crippen LogP contribution in [0.15, 0.2) is 48.5 Å². The number of aryl methyl sites for hydroxylation is 2. The Bertz CT molecular complexity index is 593. The van der Waals surface area contributed by atoms with Crippen molar-refractivity contribution in [2.45, 2.75) is 20.3 Å². The highest BCUT2D eigenvalue weighted by Crippen LogP contribution is 2.16. The van der Waals surface area contributed by atoms with E-state index < -0.39 is 0 Å². The number of benzene rings is 2. The first-order chi connectivity index (χ1) is 9.70. The molecule has 2 rings (SSSR count). The van der Waals surface area contributed by atoms with Gasteiger partial charge in [-0.1, -0.05) is 43.3 Å². The van der Waals surface area contributed by atoms with Crippen LogP contribution < -0.4 is 10.6 Å². The second-order valence-electron chi connectivity index (χ2n) is 4.73. The topological polar surface area (TPSA) is 41.1 Å². The van der Waals surface area contributed by atoms with Gasteiger partial charge in [-0.25, -0.2) is 0 Å². The highest BCUT2D eigenvalue weighted by Gasteiger charge is 2.05. The van der Waals surface area contributed by atoms with Gasteiger partial charge in [0.2, 0.25) is 5.91 Å². The van der Waals surface area contributed by atoms with Gasteiger partial charge in [-0.15, -0.1) is 0 Å². The molecule has 104 valence electrons. The van der Waals surface area contributed by atoms with Gasteiger partial charge in [-0.3, -0.25) is 4.79 Å². The molecule has 2 aromatic carbocycles.